The molecule has 2 atom stereocenters. The number of hydrogen-bond acceptors (Lipinski definition) is 2. The van der Waals surface area contributed by atoms with Crippen LogP contribution < -0.4 is 5.73 Å². The maximum Gasteiger partial charge on any atom is 0.0618 e. The Morgan fingerprint density at radius 1 is 1.38 bits per heavy atom. The first-order chi connectivity index (χ1) is 6.15. The Labute approximate surface area is 80.8 Å². The maximum atomic E-state index is 8.76. The molecule has 0 radical (unpaired) electrons. The largest absolute Gasteiger partial charge is 0.394 e. The van der Waals surface area contributed by atoms with Crippen LogP contribution in [0.5, 0.6) is 0 Å². The van der Waals surface area contributed by atoms with Crippen LogP contribution >= 0.6 is 0 Å². The third kappa shape index (κ3) is 3.49. The van der Waals surface area contributed by atoms with Gasteiger partial charge in [-0.05, 0) is 30.6 Å². The summed E-state index contributed by atoms with van der Waals surface area (Å²) in [5, 5.41) is 8.76. The molecule has 0 spiro atoms. The van der Waals surface area contributed by atoms with Crippen LogP contribution in [0.3, 0.4) is 0 Å². The minimum absolute atomic E-state index is 0.0476. The zero-order valence-corrected chi connectivity index (χ0v) is 8.61. The number of rotatable bonds is 5. The summed E-state index contributed by atoms with van der Waals surface area (Å²) in [6, 6.07) is -0.181. The fourth-order valence-corrected chi connectivity index (χ4v) is 1.74. The van der Waals surface area contributed by atoms with Gasteiger partial charge in [0.2, 0.25) is 0 Å². The summed E-state index contributed by atoms with van der Waals surface area (Å²) < 4.78 is 0. The fourth-order valence-electron chi connectivity index (χ4n) is 1.74. The lowest BCUT2D eigenvalue weighted by Crippen LogP contribution is -2.22. The predicted octanol–water partition coefficient (Wildman–Crippen LogP) is 1.54. The second-order valence-electron chi connectivity index (χ2n) is 4.39. The van der Waals surface area contributed by atoms with Crippen molar-refractivity contribution in [3.05, 3.63) is 12.2 Å². The Kier molecular flexibility index (Phi) is 3.94. The molecule has 0 saturated heterocycles. The summed E-state index contributed by atoms with van der Waals surface area (Å²) in [6.45, 7) is 4.54. The molecule has 3 N–H and O–H groups in total. The molecule has 0 bridgehead atoms. The number of nitrogens with two attached hydrogens (primary N) is 1. The average Bonchev–Trinajstić information content (AvgIpc) is 2.87. The van der Waals surface area contributed by atoms with E-state index in [1.807, 2.05) is 6.08 Å². The first-order valence-electron chi connectivity index (χ1n) is 5.20. The third-order valence-corrected chi connectivity index (χ3v) is 2.73. The van der Waals surface area contributed by atoms with Crippen LogP contribution in [0.2, 0.25) is 0 Å². The van der Waals surface area contributed by atoms with E-state index in [0.717, 1.165) is 5.92 Å². The summed E-state index contributed by atoms with van der Waals surface area (Å²) in [5.74, 6) is 2.23. The van der Waals surface area contributed by atoms with Crippen LogP contribution in [0.4, 0.5) is 0 Å². The molecule has 2 heteroatoms. The average molecular weight is 183 g/mol. The second kappa shape index (κ2) is 4.77. The number of aliphatic hydroxyl groups excluding tert-OH is 1. The maximum absolute atomic E-state index is 8.76. The SMILES string of the molecule is CC(C)C(C=CC(N)CO)C1CC1. The van der Waals surface area contributed by atoms with E-state index in [9.17, 15) is 0 Å². The molecule has 1 aliphatic carbocycles. The van der Waals surface area contributed by atoms with Gasteiger partial charge in [0.1, 0.15) is 0 Å². The number of aliphatic hydroxyl groups is 1. The van der Waals surface area contributed by atoms with E-state index in [4.69, 9.17) is 10.8 Å². The molecule has 0 aromatic heterocycles. The van der Waals surface area contributed by atoms with Gasteiger partial charge in [-0.25, -0.2) is 0 Å². The molecular formula is C11H21NO. The normalized spacial score (nSPS) is 22.5. The summed E-state index contributed by atoms with van der Waals surface area (Å²) in [6.07, 6.45) is 6.87. The minimum Gasteiger partial charge on any atom is -0.394 e. The molecule has 0 aliphatic heterocycles. The molecule has 76 valence electrons. The molecule has 13 heavy (non-hydrogen) atoms. The number of allylic oxidation sites excluding steroid dienone is 1. The van der Waals surface area contributed by atoms with Gasteiger partial charge in [-0.15, -0.1) is 0 Å². The van der Waals surface area contributed by atoms with E-state index >= 15 is 0 Å². The smallest absolute Gasteiger partial charge is 0.0618 e. The lowest BCUT2D eigenvalue weighted by Gasteiger charge is -2.16. The Morgan fingerprint density at radius 3 is 2.38 bits per heavy atom. The van der Waals surface area contributed by atoms with Crippen LogP contribution in [0.1, 0.15) is 26.7 Å². The van der Waals surface area contributed by atoms with Crippen LogP contribution in [-0.2, 0) is 0 Å². The zero-order chi connectivity index (χ0) is 9.84. The van der Waals surface area contributed by atoms with Crippen LogP contribution in [0.15, 0.2) is 12.2 Å². The van der Waals surface area contributed by atoms with Crippen molar-refractivity contribution in [3.63, 3.8) is 0 Å². The molecule has 1 saturated carbocycles. The quantitative estimate of drug-likeness (QED) is 0.635. The van der Waals surface area contributed by atoms with E-state index in [1.54, 1.807) is 0 Å². The van der Waals surface area contributed by atoms with Crippen molar-refractivity contribution in [3.8, 4) is 0 Å². The first kappa shape index (κ1) is 10.7. The van der Waals surface area contributed by atoms with Gasteiger partial charge in [-0.1, -0.05) is 26.0 Å². The summed E-state index contributed by atoms with van der Waals surface area (Å²) in [4.78, 5) is 0. The van der Waals surface area contributed by atoms with Crippen molar-refractivity contribution in [1.29, 1.82) is 0 Å². The van der Waals surface area contributed by atoms with Gasteiger partial charge in [-0.3, -0.25) is 0 Å². The van der Waals surface area contributed by atoms with E-state index in [0.29, 0.717) is 11.8 Å². The molecule has 1 fully saturated rings. The Morgan fingerprint density at radius 2 is 2.00 bits per heavy atom. The monoisotopic (exact) mass is 183 g/mol. The van der Waals surface area contributed by atoms with E-state index in [1.165, 1.54) is 12.8 Å². The molecule has 1 aliphatic rings. The minimum atomic E-state index is -0.181. The van der Waals surface area contributed by atoms with Crippen molar-refractivity contribution in [1.82, 2.24) is 0 Å². The highest BCUT2D eigenvalue weighted by atomic mass is 16.3. The Hall–Kier alpha value is -0.340. The molecule has 2 unspecified atom stereocenters. The lowest BCUT2D eigenvalue weighted by atomic mass is 9.90. The van der Waals surface area contributed by atoms with Crippen molar-refractivity contribution >= 4 is 0 Å². The lowest BCUT2D eigenvalue weighted by molar-refractivity contribution is 0.283. The highest BCUT2D eigenvalue weighted by Crippen LogP contribution is 2.41. The van der Waals surface area contributed by atoms with E-state index in [-0.39, 0.29) is 12.6 Å². The fraction of sp³-hybridized carbons (Fsp3) is 0.818. The molecule has 0 heterocycles. The van der Waals surface area contributed by atoms with Crippen molar-refractivity contribution < 1.29 is 5.11 Å². The molecule has 1 rings (SSSR count). The molecule has 0 aromatic rings. The van der Waals surface area contributed by atoms with Gasteiger partial charge >= 0.3 is 0 Å². The van der Waals surface area contributed by atoms with Gasteiger partial charge in [0.15, 0.2) is 0 Å². The van der Waals surface area contributed by atoms with Gasteiger partial charge in [0, 0.05) is 6.04 Å². The van der Waals surface area contributed by atoms with Gasteiger partial charge in [0.05, 0.1) is 6.61 Å². The number of hydrogen-bond donors (Lipinski definition) is 2. The highest BCUT2D eigenvalue weighted by molar-refractivity contribution is 5.01. The van der Waals surface area contributed by atoms with Gasteiger partial charge in [-0.2, -0.15) is 0 Å². The molecule has 2 nitrogen and oxygen atoms in total. The summed E-state index contributed by atoms with van der Waals surface area (Å²) >= 11 is 0. The first-order valence-corrected chi connectivity index (χ1v) is 5.20. The Balaban J connectivity index is 2.41. The van der Waals surface area contributed by atoms with E-state index < -0.39 is 0 Å². The van der Waals surface area contributed by atoms with Crippen LogP contribution in [0, 0.1) is 17.8 Å². The second-order valence-corrected chi connectivity index (χ2v) is 4.39. The van der Waals surface area contributed by atoms with Crippen molar-refractivity contribution in [2.75, 3.05) is 6.61 Å². The predicted molar refractivity (Wildman–Crippen MR) is 55.3 cm³/mol. The van der Waals surface area contributed by atoms with Crippen molar-refractivity contribution in [2.45, 2.75) is 32.7 Å². The summed E-state index contributed by atoms with van der Waals surface area (Å²) in [7, 11) is 0. The molecular weight excluding hydrogens is 162 g/mol. The topological polar surface area (TPSA) is 46.2 Å². The summed E-state index contributed by atoms with van der Waals surface area (Å²) in [5.41, 5.74) is 5.61. The zero-order valence-electron chi connectivity index (χ0n) is 8.61. The van der Waals surface area contributed by atoms with Crippen LogP contribution in [-0.4, -0.2) is 17.8 Å². The highest BCUT2D eigenvalue weighted by Gasteiger charge is 2.31. The standard InChI is InChI=1S/C11H21NO/c1-8(2)11(9-3-4-9)6-5-10(12)7-13/h5-6,8-11,13H,3-4,7,12H2,1-2H3. The van der Waals surface area contributed by atoms with E-state index in [2.05, 4.69) is 19.9 Å². The molecule has 0 amide bonds. The van der Waals surface area contributed by atoms with Gasteiger partial charge in [0.25, 0.3) is 0 Å². The van der Waals surface area contributed by atoms with Gasteiger partial charge < -0.3 is 10.8 Å². The Bertz CT molecular complexity index is 171. The molecule has 0 aromatic carbocycles. The van der Waals surface area contributed by atoms with Crippen molar-refractivity contribution in [2.24, 2.45) is 23.5 Å². The third-order valence-electron chi connectivity index (χ3n) is 2.73. The van der Waals surface area contributed by atoms with Crippen LogP contribution in [0.25, 0.3) is 0 Å².